The first kappa shape index (κ1) is 4.09. The molecule has 0 atom stereocenters. The molecule has 0 saturated carbocycles. The Kier molecular flexibility index (Phi) is 1.08. The van der Waals surface area contributed by atoms with Crippen LogP contribution in [0.15, 0.2) is 0 Å². The van der Waals surface area contributed by atoms with E-state index >= 15 is 0 Å². The van der Waals surface area contributed by atoms with Crippen molar-refractivity contribution in [3.05, 3.63) is 7.05 Å². The second-order valence-corrected chi connectivity index (χ2v) is 1.65. The molecule has 0 radical (unpaired) electrons. The van der Waals surface area contributed by atoms with E-state index in [2.05, 4.69) is 12.4 Å². The molecule has 0 aliphatic carbocycles. The van der Waals surface area contributed by atoms with E-state index in [1.54, 1.807) is 0 Å². The van der Waals surface area contributed by atoms with E-state index in [0.29, 0.717) is 0 Å². The second-order valence-electron chi connectivity index (χ2n) is 1.65. The lowest BCUT2D eigenvalue weighted by Gasteiger charge is -2.25. The summed E-state index contributed by atoms with van der Waals surface area (Å²) < 4.78 is 0. The summed E-state index contributed by atoms with van der Waals surface area (Å²) in [5.74, 6) is 0. The zero-order valence-electron chi connectivity index (χ0n) is 3.78. The van der Waals surface area contributed by atoms with Gasteiger partial charge in [0.25, 0.3) is 0 Å². The van der Waals surface area contributed by atoms with Crippen molar-refractivity contribution in [2.75, 3.05) is 13.1 Å². The Balaban J connectivity index is 2.01. The number of rotatable bonds is 1. The summed E-state index contributed by atoms with van der Waals surface area (Å²) in [5.41, 5.74) is 0. The number of quaternary nitrogens is 1. The van der Waals surface area contributed by atoms with Crippen LogP contribution in [-0.2, 0) is 0 Å². The van der Waals surface area contributed by atoms with Gasteiger partial charge in [0.05, 0.1) is 6.04 Å². The highest BCUT2D eigenvalue weighted by molar-refractivity contribution is 4.71. The second kappa shape index (κ2) is 1.58. The quantitative estimate of drug-likeness (QED) is 0.366. The maximum atomic E-state index is 3.64. The fourth-order valence-corrected chi connectivity index (χ4v) is 0.478. The lowest BCUT2D eigenvalue weighted by molar-refractivity contribution is -0.638. The van der Waals surface area contributed by atoms with E-state index < -0.39 is 0 Å². The summed E-state index contributed by atoms with van der Waals surface area (Å²) in [7, 11) is 3.64. The summed E-state index contributed by atoms with van der Waals surface area (Å²) in [5, 5.41) is 5.14. The number of nitrogens with two attached hydrogens (primary N) is 1. The molecule has 0 aromatic rings. The normalized spacial score (nSPS) is 23.5. The van der Waals surface area contributed by atoms with Crippen molar-refractivity contribution >= 4 is 0 Å². The maximum Gasteiger partial charge on any atom is 0.0873 e. The summed E-state index contributed by atoms with van der Waals surface area (Å²) in [4.78, 5) is 0. The molecule has 0 spiro atoms. The van der Waals surface area contributed by atoms with Crippen molar-refractivity contribution in [1.29, 1.82) is 0 Å². The molecule has 6 heavy (non-hydrogen) atoms. The predicted molar refractivity (Wildman–Crippen MR) is 23.9 cm³/mol. The Morgan fingerprint density at radius 2 is 2.33 bits per heavy atom. The fraction of sp³-hybridized carbons (Fsp3) is 0.750. The lowest BCUT2D eigenvalue weighted by Crippen LogP contribution is -2.91. The first-order chi connectivity index (χ1) is 2.93. The topological polar surface area (TPSA) is 28.6 Å². The van der Waals surface area contributed by atoms with Gasteiger partial charge in [-0.3, -0.25) is 0 Å². The number of nitrogens with one attached hydrogen (secondary N) is 1. The minimum Gasteiger partial charge on any atom is -0.474 e. The highest BCUT2D eigenvalue weighted by Gasteiger charge is 2.13. The number of hydrogen-bond acceptors (Lipinski definition) is 1. The van der Waals surface area contributed by atoms with Crippen LogP contribution in [0.4, 0.5) is 0 Å². The van der Waals surface area contributed by atoms with Gasteiger partial charge >= 0.3 is 0 Å². The molecule has 1 saturated heterocycles. The average molecular weight is 86.1 g/mol. The largest absolute Gasteiger partial charge is 0.474 e. The molecule has 2 heteroatoms. The van der Waals surface area contributed by atoms with Gasteiger partial charge in [-0.25, -0.2) is 0 Å². The first-order valence-corrected chi connectivity index (χ1v) is 2.27. The average Bonchev–Trinajstić information content (AvgIpc) is 1.31. The Bertz CT molecular complexity index is 38.1. The van der Waals surface area contributed by atoms with Gasteiger partial charge in [0, 0.05) is 13.1 Å². The summed E-state index contributed by atoms with van der Waals surface area (Å²) in [6, 6.07) is 0.769. The summed E-state index contributed by atoms with van der Waals surface area (Å²) >= 11 is 0. The van der Waals surface area contributed by atoms with E-state index in [1.165, 1.54) is 0 Å². The molecule has 0 aromatic heterocycles. The van der Waals surface area contributed by atoms with E-state index in [0.717, 1.165) is 19.1 Å². The van der Waals surface area contributed by atoms with Gasteiger partial charge in [-0.2, -0.15) is 7.05 Å². The Labute approximate surface area is 37.9 Å². The Morgan fingerprint density at radius 1 is 1.67 bits per heavy atom. The highest BCUT2D eigenvalue weighted by atomic mass is 15.1. The molecule has 1 heterocycles. The van der Waals surface area contributed by atoms with Gasteiger partial charge < -0.3 is 10.6 Å². The van der Waals surface area contributed by atoms with E-state index in [1.807, 2.05) is 5.32 Å². The minimum absolute atomic E-state index is 0.769. The highest BCUT2D eigenvalue weighted by Crippen LogP contribution is 1.79. The third-order valence-electron chi connectivity index (χ3n) is 1.15. The van der Waals surface area contributed by atoms with Crippen LogP contribution in [0, 0.1) is 7.05 Å². The van der Waals surface area contributed by atoms with Gasteiger partial charge in [-0.15, -0.1) is 0 Å². The first-order valence-electron chi connectivity index (χ1n) is 2.27. The minimum atomic E-state index is 0.769. The standard InChI is InChI=1S/C4H10N2/c1-5-4-2-6-3-4/h4,6H,1-3,5H2. The van der Waals surface area contributed by atoms with Crippen molar-refractivity contribution in [1.82, 2.24) is 5.32 Å². The van der Waals surface area contributed by atoms with E-state index in [9.17, 15) is 0 Å². The molecule has 0 amide bonds. The molecule has 3 N–H and O–H groups in total. The Morgan fingerprint density at radius 3 is 2.33 bits per heavy atom. The van der Waals surface area contributed by atoms with Crippen molar-refractivity contribution < 1.29 is 5.32 Å². The monoisotopic (exact) mass is 86.1 g/mol. The Hall–Kier alpha value is -0.0800. The van der Waals surface area contributed by atoms with Crippen LogP contribution in [-0.4, -0.2) is 19.1 Å². The summed E-state index contributed by atoms with van der Waals surface area (Å²) in [6.45, 7) is 2.28. The zero-order chi connectivity index (χ0) is 4.41. The lowest BCUT2D eigenvalue weighted by atomic mass is 10.2. The number of hydrogen-bond donors (Lipinski definition) is 2. The molecule has 1 rings (SSSR count). The van der Waals surface area contributed by atoms with Gasteiger partial charge in [-0.1, -0.05) is 0 Å². The molecule has 1 aliphatic rings. The molecular formula is C4H10N2. The van der Waals surface area contributed by atoms with Gasteiger partial charge in [0.2, 0.25) is 0 Å². The van der Waals surface area contributed by atoms with Gasteiger partial charge in [-0.05, 0) is 0 Å². The van der Waals surface area contributed by atoms with E-state index in [-0.39, 0.29) is 0 Å². The molecule has 0 bridgehead atoms. The van der Waals surface area contributed by atoms with Crippen molar-refractivity contribution in [3.8, 4) is 0 Å². The third-order valence-corrected chi connectivity index (χ3v) is 1.15. The van der Waals surface area contributed by atoms with Gasteiger partial charge in [0.1, 0.15) is 0 Å². The van der Waals surface area contributed by atoms with Crippen LogP contribution in [0.25, 0.3) is 0 Å². The summed E-state index contributed by atoms with van der Waals surface area (Å²) in [6.07, 6.45) is 0. The van der Waals surface area contributed by atoms with E-state index in [4.69, 9.17) is 0 Å². The van der Waals surface area contributed by atoms with Crippen LogP contribution in [0.3, 0.4) is 0 Å². The van der Waals surface area contributed by atoms with Crippen molar-refractivity contribution in [2.45, 2.75) is 6.04 Å². The van der Waals surface area contributed by atoms with Crippen LogP contribution in [0.1, 0.15) is 0 Å². The van der Waals surface area contributed by atoms with Crippen molar-refractivity contribution in [2.24, 2.45) is 0 Å². The molecule has 36 valence electrons. The molecule has 0 aromatic carbocycles. The predicted octanol–water partition coefficient (Wildman–Crippen LogP) is -1.69. The van der Waals surface area contributed by atoms with Crippen LogP contribution >= 0.6 is 0 Å². The van der Waals surface area contributed by atoms with Crippen LogP contribution < -0.4 is 10.6 Å². The molecule has 1 fully saturated rings. The zero-order valence-corrected chi connectivity index (χ0v) is 3.78. The van der Waals surface area contributed by atoms with Crippen LogP contribution in [0.2, 0.25) is 0 Å². The van der Waals surface area contributed by atoms with Crippen LogP contribution in [0.5, 0.6) is 0 Å². The smallest absolute Gasteiger partial charge is 0.0873 e. The maximum absolute atomic E-state index is 3.64. The van der Waals surface area contributed by atoms with Gasteiger partial charge in [0.15, 0.2) is 0 Å². The molecule has 1 aliphatic heterocycles. The molecule has 0 unspecified atom stereocenters. The SMILES string of the molecule is [CH2-][NH2+]C1CNC1. The van der Waals surface area contributed by atoms with Crippen molar-refractivity contribution in [3.63, 3.8) is 0 Å². The third kappa shape index (κ3) is 0.533. The fourth-order valence-electron chi connectivity index (χ4n) is 0.478. The molecule has 2 nitrogen and oxygen atoms in total. The molecular weight excluding hydrogens is 76.1 g/mol.